The van der Waals surface area contributed by atoms with Crippen LogP contribution in [0.15, 0.2) is 11.5 Å². The summed E-state index contributed by atoms with van der Waals surface area (Å²) in [5, 5.41) is 35.2. The largest absolute Gasteiger partial charge is 0.504 e. The molecule has 10 heteroatoms. The second-order valence-corrected chi connectivity index (χ2v) is 4.79. The van der Waals surface area contributed by atoms with Crippen molar-refractivity contribution < 1.29 is 34.8 Å². The van der Waals surface area contributed by atoms with Crippen molar-refractivity contribution in [1.29, 1.82) is 0 Å². The molecule has 1 aliphatic rings. The number of ether oxygens (including phenoxy) is 1. The Balaban J connectivity index is 0.000000409. The summed E-state index contributed by atoms with van der Waals surface area (Å²) in [6, 6.07) is -0.716. The van der Waals surface area contributed by atoms with Gasteiger partial charge in [0.2, 0.25) is 17.2 Å². The van der Waals surface area contributed by atoms with Crippen molar-refractivity contribution in [2.75, 3.05) is 6.54 Å². The summed E-state index contributed by atoms with van der Waals surface area (Å²) in [5.74, 6) is -3.88. The standard InChI is InChI=1S/C6H14N2O2.C6H9NO5/c7-4-2-1-3-5(8)6(9)10;1-2(8)6(7)4(10)3(9)5(11)12-6/h5H,1-4,7-8H2,(H,9,10);2,8-10H,7H2,1H3/t5-;2-,6+/m00/s1. The molecule has 0 saturated carbocycles. The number of carbonyl (C=O) groups excluding carboxylic acids is 1. The molecule has 22 heavy (non-hydrogen) atoms. The number of hydrogen-bond acceptors (Lipinski definition) is 9. The minimum atomic E-state index is -2.01. The molecule has 3 atom stereocenters. The van der Waals surface area contributed by atoms with Gasteiger partial charge in [0, 0.05) is 0 Å². The lowest BCUT2D eigenvalue weighted by molar-refractivity contribution is -0.158. The smallest absolute Gasteiger partial charge is 0.379 e. The third-order valence-corrected chi connectivity index (χ3v) is 2.96. The van der Waals surface area contributed by atoms with E-state index in [0.717, 1.165) is 12.8 Å². The van der Waals surface area contributed by atoms with Crippen molar-refractivity contribution >= 4 is 11.9 Å². The first kappa shape index (κ1) is 20.1. The average Bonchev–Trinajstić information content (AvgIpc) is 2.64. The number of aliphatic hydroxyl groups is 3. The van der Waals surface area contributed by atoms with Gasteiger partial charge in [0.1, 0.15) is 12.1 Å². The highest BCUT2D eigenvalue weighted by molar-refractivity contribution is 5.89. The van der Waals surface area contributed by atoms with Gasteiger partial charge in [0.05, 0.1) is 0 Å². The third kappa shape index (κ3) is 5.15. The zero-order valence-corrected chi connectivity index (χ0v) is 12.2. The number of carboxylic acid groups (broad SMARTS) is 1. The Bertz CT molecular complexity index is 438. The summed E-state index contributed by atoms with van der Waals surface area (Å²) in [6.45, 7) is 1.83. The predicted molar refractivity (Wildman–Crippen MR) is 75.5 cm³/mol. The van der Waals surface area contributed by atoms with Gasteiger partial charge in [-0.1, -0.05) is 6.42 Å². The fraction of sp³-hybridized carbons (Fsp3) is 0.667. The van der Waals surface area contributed by atoms with Gasteiger partial charge in [-0.15, -0.1) is 0 Å². The first-order valence-electron chi connectivity index (χ1n) is 6.59. The van der Waals surface area contributed by atoms with E-state index < -0.39 is 41.3 Å². The number of rotatable bonds is 6. The Morgan fingerprint density at radius 1 is 1.36 bits per heavy atom. The van der Waals surface area contributed by atoms with E-state index in [1.165, 1.54) is 6.92 Å². The molecule has 1 rings (SSSR count). The number of nitrogens with two attached hydrogens (primary N) is 3. The molecule has 1 heterocycles. The lowest BCUT2D eigenvalue weighted by atomic mass is 10.1. The molecule has 0 aromatic carbocycles. The van der Waals surface area contributed by atoms with E-state index in [9.17, 15) is 9.59 Å². The van der Waals surface area contributed by atoms with E-state index >= 15 is 0 Å². The Morgan fingerprint density at radius 2 is 1.91 bits per heavy atom. The van der Waals surface area contributed by atoms with Crippen LogP contribution >= 0.6 is 0 Å². The van der Waals surface area contributed by atoms with Crippen molar-refractivity contribution in [3.63, 3.8) is 0 Å². The number of aliphatic hydroxyl groups excluding tert-OH is 3. The number of esters is 1. The number of unbranched alkanes of at least 4 members (excludes halogenated alkanes) is 1. The van der Waals surface area contributed by atoms with Gasteiger partial charge >= 0.3 is 11.9 Å². The Morgan fingerprint density at radius 3 is 2.18 bits per heavy atom. The molecule has 0 aromatic heterocycles. The minimum Gasteiger partial charge on any atom is -0.504 e. The van der Waals surface area contributed by atoms with Crippen molar-refractivity contribution in [3.8, 4) is 0 Å². The molecule has 0 spiro atoms. The average molecular weight is 321 g/mol. The summed E-state index contributed by atoms with van der Waals surface area (Å²) in [7, 11) is 0. The summed E-state index contributed by atoms with van der Waals surface area (Å²) in [6.07, 6.45) is 0.864. The molecular weight excluding hydrogens is 298 g/mol. The van der Waals surface area contributed by atoms with Crippen molar-refractivity contribution in [1.82, 2.24) is 0 Å². The van der Waals surface area contributed by atoms with Gasteiger partial charge in [-0.3, -0.25) is 10.5 Å². The van der Waals surface area contributed by atoms with Crippen LogP contribution in [-0.4, -0.2) is 56.8 Å². The highest BCUT2D eigenvalue weighted by Gasteiger charge is 2.49. The predicted octanol–water partition coefficient (Wildman–Crippen LogP) is -1.57. The highest BCUT2D eigenvalue weighted by Crippen LogP contribution is 2.27. The second kappa shape index (κ2) is 8.54. The first-order chi connectivity index (χ1) is 10.1. The molecule has 10 N–H and O–H groups in total. The van der Waals surface area contributed by atoms with E-state index in [0.29, 0.717) is 13.0 Å². The zero-order valence-electron chi connectivity index (χ0n) is 12.2. The van der Waals surface area contributed by atoms with Gasteiger partial charge in [0.25, 0.3) is 0 Å². The minimum absolute atomic E-state index is 0.520. The molecule has 0 aromatic rings. The van der Waals surface area contributed by atoms with Gasteiger partial charge in [-0.05, 0) is 26.3 Å². The zero-order chi connectivity index (χ0) is 17.5. The maximum Gasteiger partial charge on any atom is 0.379 e. The summed E-state index contributed by atoms with van der Waals surface area (Å²) >= 11 is 0. The quantitative estimate of drug-likeness (QED) is 0.221. The fourth-order valence-corrected chi connectivity index (χ4v) is 1.45. The van der Waals surface area contributed by atoms with Crippen LogP contribution in [-0.2, 0) is 14.3 Å². The number of carbonyl (C=O) groups is 2. The molecule has 0 amide bonds. The summed E-state index contributed by atoms with van der Waals surface area (Å²) in [4.78, 5) is 20.8. The third-order valence-electron chi connectivity index (χ3n) is 2.96. The van der Waals surface area contributed by atoms with Crippen molar-refractivity contribution in [2.45, 2.75) is 44.1 Å². The number of aliphatic carboxylic acids is 1. The normalized spacial score (nSPS) is 23.4. The van der Waals surface area contributed by atoms with Gasteiger partial charge in [-0.25, -0.2) is 4.79 Å². The Hall–Kier alpha value is -1.88. The Kier molecular flexibility index (Phi) is 7.81. The topological polar surface area (TPSA) is 202 Å². The van der Waals surface area contributed by atoms with E-state index in [4.69, 9.17) is 37.6 Å². The van der Waals surface area contributed by atoms with Crippen molar-refractivity contribution in [2.24, 2.45) is 17.2 Å². The van der Waals surface area contributed by atoms with Crippen LogP contribution in [0.3, 0.4) is 0 Å². The van der Waals surface area contributed by atoms with E-state index in [1.807, 2.05) is 0 Å². The molecule has 0 unspecified atom stereocenters. The number of hydrogen-bond donors (Lipinski definition) is 7. The molecule has 128 valence electrons. The van der Waals surface area contributed by atoms with Crippen LogP contribution in [0, 0.1) is 0 Å². The lowest BCUT2D eigenvalue weighted by Crippen LogP contribution is -2.51. The van der Waals surface area contributed by atoms with Crippen molar-refractivity contribution in [3.05, 3.63) is 11.5 Å². The number of carboxylic acids is 1. The van der Waals surface area contributed by atoms with Crippen LogP contribution in [0.4, 0.5) is 0 Å². The van der Waals surface area contributed by atoms with Crippen LogP contribution in [0.25, 0.3) is 0 Å². The molecule has 0 aliphatic carbocycles. The van der Waals surface area contributed by atoms with Crippen LogP contribution in [0.2, 0.25) is 0 Å². The fourth-order valence-electron chi connectivity index (χ4n) is 1.45. The second-order valence-electron chi connectivity index (χ2n) is 4.79. The Labute approximate surface area is 127 Å². The SMILES string of the molecule is C[C@H](O)[C@@]1(N)OC(=O)C(O)=C1O.NCCCC[C@H](N)C(=O)O. The maximum atomic E-state index is 10.6. The molecule has 0 radical (unpaired) electrons. The summed E-state index contributed by atoms with van der Waals surface area (Å²) < 4.78 is 4.35. The molecule has 10 nitrogen and oxygen atoms in total. The highest BCUT2D eigenvalue weighted by atomic mass is 16.6. The van der Waals surface area contributed by atoms with Gasteiger partial charge in [-0.2, -0.15) is 0 Å². The van der Waals surface area contributed by atoms with E-state index in [-0.39, 0.29) is 0 Å². The van der Waals surface area contributed by atoms with E-state index in [2.05, 4.69) is 4.74 Å². The van der Waals surface area contributed by atoms with Crippen LogP contribution in [0.5, 0.6) is 0 Å². The van der Waals surface area contributed by atoms with E-state index in [1.54, 1.807) is 0 Å². The van der Waals surface area contributed by atoms with Crippen LogP contribution < -0.4 is 17.2 Å². The molecule has 0 fully saturated rings. The lowest BCUT2D eigenvalue weighted by Gasteiger charge is -2.24. The molecule has 0 bridgehead atoms. The van der Waals surface area contributed by atoms with Crippen LogP contribution in [0.1, 0.15) is 26.2 Å². The monoisotopic (exact) mass is 321 g/mol. The molecule has 1 aliphatic heterocycles. The maximum absolute atomic E-state index is 10.6. The first-order valence-corrected chi connectivity index (χ1v) is 6.59. The van der Waals surface area contributed by atoms with Gasteiger partial charge < -0.3 is 36.6 Å². The number of cyclic esters (lactones) is 1. The van der Waals surface area contributed by atoms with Gasteiger partial charge in [0.15, 0.2) is 0 Å². The molecular formula is C12H23N3O7. The molecule has 0 saturated heterocycles. The summed E-state index contributed by atoms with van der Waals surface area (Å²) in [5.41, 5.74) is 13.7.